The molecule has 4 heteroatoms. The molecule has 0 bridgehead atoms. The molecule has 1 aromatic carbocycles. The molecule has 0 unspecified atom stereocenters. The molecule has 0 radical (unpaired) electrons. The van der Waals surface area contributed by atoms with Gasteiger partial charge >= 0.3 is 0 Å². The number of ketones is 1. The molecular weight excluding hydrogens is 252 g/mol. The average Bonchev–Trinajstić information content (AvgIpc) is 2.43. The van der Waals surface area contributed by atoms with Crippen molar-refractivity contribution in [3.05, 3.63) is 29.3 Å². The summed E-state index contributed by atoms with van der Waals surface area (Å²) in [7, 11) is 0. The molecular formula is C16H24N2O2. The SMILES string of the molecule is CCOc1ccc(C(C)=O)cc1CN1CCNC[C@@H]1C. The van der Waals surface area contributed by atoms with Gasteiger partial charge < -0.3 is 10.1 Å². The first kappa shape index (κ1) is 15.0. The van der Waals surface area contributed by atoms with Crippen LogP contribution in [0.2, 0.25) is 0 Å². The van der Waals surface area contributed by atoms with E-state index in [9.17, 15) is 4.79 Å². The normalized spacial score (nSPS) is 19.9. The second-order valence-corrected chi connectivity index (χ2v) is 5.34. The van der Waals surface area contributed by atoms with Gasteiger partial charge in [-0.1, -0.05) is 0 Å². The zero-order valence-corrected chi connectivity index (χ0v) is 12.6. The molecule has 1 saturated heterocycles. The van der Waals surface area contributed by atoms with Gasteiger partial charge in [0, 0.05) is 43.3 Å². The highest BCUT2D eigenvalue weighted by Crippen LogP contribution is 2.23. The zero-order valence-electron chi connectivity index (χ0n) is 12.6. The van der Waals surface area contributed by atoms with Crippen LogP contribution in [0.3, 0.4) is 0 Å². The highest BCUT2D eigenvalue weighted by molar-refractivity contribution is 5.94. The van der Waals surface area contributed by atoms with E-state index in [1.807, 2.05) is 25.1 Å². The summed E-state index contributed by atoms with van der Waals surface area (Å²) in [6.45, 7) is 10.3. The van der Waals surface area contributed by atoms with E-state index >= 15 is 0 Å². The van der Waals surface area contributed by atoms with Crippen LogP contribution in [0.4, 0.5) is 0 Å². The van der Waals surface area contributed by atoms with Gasteiger partial charge in [-0.25, -0.2) is 0 Å². The lowest BCUT2D eigenvalue weighted by Crippen LogP contribution is -2.49. The number of rotatable bonds is 5. The van der Waals surface area contributed by atoms with Gasteiger partial charge in [-0.3, -0.25) is 9.69 Å². The van der Waals surface area contributed by atoms with Crippen molar-refractivity contribution in [2.24, 2.45) is 0 Å². The summed E-state index contributed by atoms with van der Waals surface area (Å²) in [6, 6.07) is 6.24. The number of hydrogen-bond acceptors (Lipinski definition) is 4. The Morgan fingerprint density at radius 1 is 1.50 bits per heavy atom. The number of carbonyl (C=O) groups is 1. The Kier molecular flexibility index (Phi) is 5.15. The van der Waals surface area contributed by atoms with Crippen LogP contribution in [-0.4, -0.2) is 43.0 Å². The molecule has 0 aromatic heterocycles. The summed E-state index contributed by atoms with van der Waals surface area (Å²) in [4.78, 5) is 14.0. The molecule has 0 aliphatic carbocycles. The van der Waals surface area contributed by atoms with Crippen molar-refractivity contribution in [2.45, 2.75) is 33.4 Å². The minimum absolute atomic E-state index is 0.0997. The topological polar surface area (TPSA) is 41.6 Å². The molecule has 0 amide bonds. The minimum atomic E-state index is 0.0997. The highest BCUT2D eigenvalue weighted by atomic mass is 16.5. The Bertz CT molecular complexity index is 474. The number of benzene rings is 1. The largest absolute Gasteiger partial charge is 0.494 e. The average molecular weight is 276 g/mol. The maximum absolute atomic E-state index is 11.6. The Labute approximate surface area is 121 Å². The molecule has 20 heavy (non-hydrogen) atoms. The number of ether oxygens (including phenoxy) is 1. The summed E-state index contributed by atoms with van der Waals surface area (Å²) < 4.78 is 5.69. The molecule has 0 spiro atoms. The molecule has 1 aliphatic rings. The lowest BCUT2D eigenvalue weighted by molar-refractivity contribution is 0.101. The lowest BCUT2D eigenvalue weighted by atomic mass is 10.1. The first-order chi connectivity index (χ1) is 9.61. The van der Waals surface area contributed by atoms with E-state index in [2.05, 4.69) is 17.1 Å². The number of hydrogen-bond donors (Lipinski definition) is 1. The first-order valence-electron chi connectivity index (χ1n) is 7.33. The monoisotopic (exact) mass is 276 g/mol. The molecule has 1 fully saturated rings. The van der Waals surface area contributed by atoms with Gasteiger partial charge in [0.1, 0.15) is 5.75 Å². The quantitative estimate of drug-likeness (QED) is 0.836. The summed E-state index contributed by atoms with van der Waals surface area (Å²) in [5.74, 6) is 0.992. The fraction of sp³-hybridized carbons (Fsp3) is 0.562. The number of piperazine rings is 1. The van der Waals surface area contributed by atoms with Crippen LogP contribution in [0.15, 0.2) is 18.2 Å². The third-order valence-corrected chi connectivity index (χ3v) is 3.78. The third-order valence-electron chi connectivity index (χ3n) is 3.78. The Morgan fingerprint density at radius 3 is 2.95 bits per heavy atom. The van der Waals surface area contributed by atoms with E-state index in [1.165, 1.54) is 0 Å². The van der Waals surface area contributed by atoms with Gasteiger partial charge in [-0.05, 0) is 39.0 Å². The van der Waals surface area contributed by atoms with E-state index in [-0.39, 0.29) is 5.78 Å². The number of nitrogens with zero attached hydrogens (tertiary/aromatic N) is 1. The Balaban J connectivity index is 2.22. The van der Waals surface area contributed by atoms with E-state index in [0.717, 1.165) is 43.1 Å². The number of Topliss-reactive ketones (excluding diaryl/α,β-unsaturated/α-hetero) is 1. The lowest BCUT2D eigenvalue weighted by Gasteiger charge is -2.34. The van der Waals surface area contributed by atoms with Gasteiger partial charge in [0.15, 0.2) is 5.78 Å². The second-order valence-electron chi connectivity index (χ2n) is 5.34. The molecule has 2 rings (SSSR count). The molecule has 1 N–H and O–H groups in total. The van der Waals surface area contributed by atoms with Crippen LogP contribution < -0.4 is 10.1 Å². The fourth-order valence-corrected chi connectivity index (χ4v) is 2.56. The molecule has 1 aromatic rings. The maximum atomic E-state index is 11.6. The van der Waals surface area contributed by atoms with E-state index in [4.69, 9.17) is 4.74 Å². The van der Waals surface area contributed by atoms with Gasteiger partial charge in [0.25, 0.3) is 0 Å². The molecule has 110 valence electrons. The second kappa shape index (κ2) is 6.86. The third kappa shape index (κ3) is 3.58. The summed E-state index contributed by atoms with van der Waals surface area (Å²) in [6.07, 6.45) is 0. The highest BCUT2D eigenvalue weighted by Gasteiger charge is 2.19. The predicted molar refractivity (Wildman–Crippen MR) is 80.4 cm³/mol. The van der Waals surface area contributed by atoms with Gasteiger partial charge in [-0.15, -0.1) is 0 Å². The Hall–Kier alpha value is -1.39. The minimum Gasteiger partial charge on any atom is -0.494 e. The molecule has 1 aliphatic heterocycles. The summed E-state index contributed by atoms with van der Waals surface area (Å²) in [5.41, 5.74) is 1.86. The standard InChI is InChI=1S/C16H24N2O2/c1-4-20-16-6-5-14(13(3)19)9-15(16)11-18-8-7-17-10-12(18)2/h5-6,9,12,17H,4,7-8,10-11H2,1-3H3/t12-/m0/s1. The summed E-state index contributed by atoms with van der Waals surface area (Å²) in [5, 5.41) is 3.39. The van der Waals surface area contributed by atoms with Crippen LogP contribution in [-0.2, 0) is 6.54 Å². The van der Waals surface area contributed by atoms with Crippen molar-refractivity contribution in [1.82, 2.24) is 10.2 Å². The number of nitrogens with one attached hydrogen (secondary N) is 1. The van der Waals surface area contributed by atoms with Crippen molar-refractivity contribution < 1.29 is 9.53 Å². The van der Waals surface area contributed by atoms with Crippen LogP contribution in [0.25, 0.3) is 0 Å². The van der Waals surface area contributed by atoms with E-state index < -0.39 is 0 Å². The fourth-order valence-electron chi connectivity index (χ4n) is 2.56. The van der Waals surface area contributed by atoms with E-state index in [1.54, 1.807) is 6.92 Å². The van der Waals surface area contributed by atoms with Crippen molar-refractivity contribution in [3.8, 4) is 5.75 Å². The van der Waals surface area contributed by atoms with E-state index in [0.29, 0.717) is 12.6 Å². The first-order valence-corrected chi connectivity index (χ1v) is 7.33. The van der Waals surface area contributed by atoms with Gasteiger partial charge in [0.05, 0.1) is 6.61 Å². The van der Waals surface area contributed by atoms with Crippen LogP contribution in [0.5, 0.6) is 5.75 Å². The van der Waals surface area contributed by atoms with Crippen molar-refractivity contribution in [2.75, 3.05) is 26.2 Å². The van der Waals surface area contributed by atoms with Crippen molar-refractivity contribution in [1.29, 1.82) is 0 Å². The molecule has 4 nitrogen and oxygen atoms in total. The Morgan fingerprint density at radius 2 is 2.30 bits per heavy atom. The van der Waals surface area contributed by atoms with Crippen molar-refractivity contribution in [3.63, 3.8) is 0 Å². The van der Waals surface area contributed by atoms with Crippen LogP contribution in [0.1, 0.15) is 36.7 Å². The van der Waals surface area contributed by atoms with Crippen molar-refractivity contribution >= 4 is 5.78 Å². The molecule has 1 heterocycles. The van der Waals surface area contributed by atoms with Crippen LogP contribution in [0, 0.1) is 0 Å². The van der Waals surface area contributed by atoms with Gasteiger partial charge in [0.2, 0.25) is 0 Å². The number of carbonyl (C=O) groups excluding carboxylic acids is 1. The smallest absolute Gasteiger partial charge is 0.159 e. The molecule has 0 saturated carbocycles. The summed E-state index contributed by atoms with van der Waals surface area (Å²) >= 11 is 0. The van der Waals surface area contributed by atoms with Crippen LogP contribution >= 0.6 is 0 Å². The predicted octanol–water partition coefficient (Wildman–Crippen LogP) is 2.08. The maximum Gasteiger partial charge on any atom is 0.159 e. The van der Waals surface area contributed by atoms with Gasteiger partial charge in [-0.2, -0.15) is 0 Å². The zero-order chi connectivity index (χ0) is 14.5. The molecule has 1 atom stereocenters.